The topological polar surface area (TPSA) is 94.4 Å². The summed E-state index contributed by atoms with van der Waals surface area (Å²) in [5, 5.41) is 19.0. The Morgan fingerprint density at radius 3 is 2.50 bits per heavy atom. The van der Waals surface area contributed by atoms with E-state index in [1.165, 1.54) is 0 Å². The van der Waals surface area contributed by atoms with Gasteiger partial charge in [-0.15, -0.1) is 15.3 Å². The summed E-state index contributed by atoms with van der Waals surface area (Å²) in [6.07, 6.45) is 3.09. The summed E-state index contributed by atoms with van der Waals surface area (Å²) in [5.41, 5.74) is 4.26. The second kappa shape index (κ2) is 9.30. The third kappa shape index (κ3) is 4.37. The molecule has 0 spiro atoms. The van der Waals surface area contributed by atoms with Crippen LogP contribution in [0, 0.1) is 0 Å². The van der Waals surface area contributed by atoms with Crippen LogP contribution in [0.3, 0.4) is 0 Å². The molecule has 0 aliphatic heterocycles. The van der Waals surface area contributed by atoms with Gasteiger partial charge in [0.2, 0.25) is 5.82 Å². The Hall–Kier alpha value is -3.55. The van der Waals surface area contributed by atoms with Gasteiger partial charge in [-0.1, -0.05) is 61.9 Å². The van der Waals surface area contributed by atoms with Crippen molar-refractivity contribution in [2.45, 2.75) is 39.7 Å². The van der Waals surface area contributed by atoms with Crippen LogP contribution in [0.1, 0.15) is 38.1 Å². The van der Waals surface area contributed by atoms with Gasteiger partial charge in [0.25, 0.3) is 0 Å². The maximum atomic E-state index is 5.51. The zero-order chi connectivity index (χ0) is 20.8. The van der Waals surface area contributed by atoms with E-state index in [4.69, 9.17) is 4.74 Å². The van der Waals surface area contributed by atoms with Gasteiger partial charge >= 0.3 is 6.01 Å². The van der Waals surface area contributed by atoms with Crippen LogP contribution in [-0.2, 0) is 13.0 Å². The molecule has 0 saturated carbocycles. The van der Waals surface area contributed by atoms with Crippen LogP contribution in [0.5, 0.6) is 6.01 Å². The van der Waals surface area contributed by atoms with Crippen molar-refractivity contribution >= 4 is 0 Å². The third-order valence-corrected chi connectivity index (χ3v) is 4.87. The number of H-pyrrole nitrogens is 1. The van der Waals surface area contributed by atoms with Gasteiger partial charge in [-0.25, -0.2) is 4.68 Å². The highest BCUT2D eigenvalue weighted by molar-refractivity contribution is 5.80. The van der Waals surface area contributed by atoms with Gasteiger partial charge in [0.1, 0.15) is 5.82 Å². The van der Waals surface area contributed by atoms with Crippen molar-refractivity contribution in [2.24, 2.45) is 0 Å². The maximum absolute atomic E-state index is 5.51. The van der Waals surface area contributed by atoms with Gasteiger partial charge in [0, 0.05) is 12.0 Å². The molecule has 2 heterocycles. The molecule has 2 aromatic carbocycles. The highest BCUT2D eigenvalue weighted by atomic mass is 16.5. The molecule has 0 saturated heterocycles. The molecule has 0 amide bonds. The molecule has 0 bridgehead atoms. The molecule has 0 radical (unpaired) electrons. The fraction of sp³-hybridized carbons (Fsp3) is 0.318. The number of nitrogens with zero attached hydrogens (tertiary/aromatic N) is 6. The van der Waals surface area contributed by atoms with Gasteiger partial charge in [0.05, 0.1) is 13.2 Å². The first-order chi connectivity index (χ1) is 14.8. The SMILES string of the molecule is CCCCc1nc(OCC)nn1Cc1ccc(-c2ccccc2-c2nn[nH]n2)cc1. The largest absolute Gasteiger partial charge is 0.463 e. The molecule has 1 N–H and O–H groups in total. The van der Waals surface area contributed by atoms with E-state index in [0.29, 0.717) is 25.0 Å². The predicted octanol–water partition coefficient (Wildman–Crippen LogP) is 3.91. The Labute approximate surface area is 175 Å². The Morgan fingerprint density at radius 2 is 1.80 bits per heavy atom. The third-order valence-electron chi connectivity index (χ3n) is 4.87. The Balaban J connectivity index is 1.57. The number of tetrazole rings is 1. The fourth-order valence-corrected chi connectivity index (χ4v) is 3.36. The average molecular weight is 403 g/mol. The van der Waals surface area contributed by atoms with Crippen molar-refractivity contribution in [3.63, 3.8) is 0 Å². The predicted molar refractivity (Wildman–Crippen MR) is 114 cm³/mol. The number of aromatic amines is 1. The Kier molecular flexibility index (Phi) is 6.12. The molecular formula is C22H25N7O. The van der Waals surface area contributed by atoms with E-state index in [-0.39, 0.29) is 0 Å². The number of aryl methyl sites for hydroxylation is 1. The van der Waals surface area contributed by atoms with Gasteiger partial charge < -0.3 is 4.74 Å². The summed E-state index contributed by atoms with van der Waals surface area (Å²) in [4.78, 5) is 4.55. The van der Waals surface area contributed by atoms with Crippen molar-refractivity contribution in [3.8, 4) is 28.5 Å². The molecule has 8 heteroatoms. The number of unbranched alkanes of at least 4 members (excludes halogenated alkanes) is 1. The minimum Gasteiger partial charge on any atom is -0.463 e. The number of ether oxygens (including phenoxy) is 1. The van der Waals surface area contributed by atoms with Gasteiger partial charge in [-0.3, -0.25) is 0 Å². The molecule has 0 fully saturated rings. The van der Waals surface area contributed by atoms with Gasteiger partial charge in [0.15, 0.2) is 0 Å². The zero-order valence-corrected chi connectivity index (χ0v) is 17.2. The zero-order valence-electron chi connectivity index (χ0n) is 17.2. The molecule has 8 nitrogen and oxygen atoms in total. The lowest BCUT2D eigenvalue weighted by Gasteiger charge is -2.09. The van der Waals surface area contributed by atoms with Crippen LogP contribution < -0.4 is 4.74 Å². The van der Waals surface area contributed by atoms with E-state index >= 15 is 0 Å². The first-order valence-electron chi connectivity index (χ1n) is 10.3. The van der Waals surface area contributed by atoms with Crippen LogP contribution >= 0.6 is 0 Å². The number of hydrogen-bond donors (Lipinski definition) is 1. The lowest BCUT2D eigenvalue weighted by molar-refractivity contribution is 0.311. The van der Waals surface area contributed by atoms with Crippen molar-refractivity contribution in [3.05, 3.63) is 59.9 Å². The minimum absolute atomic E-state index is 0.453. The van der Waals surface area contributed by atoms with E-state index in [1.54, 1.807) is 0 Å². The van der Waals surface area contributed by atoms with Crippen LogP contribution in [0.25, 0.3) is 22.5 Å². The molecule has 0 atom stereocenters. The number of hydrogen-bond acceptors (Lipinski definition) is 6. The lowest BCUT2D eigenvalue weighted by Crippen LogP contribution is -2.07. The van der Waals surface area contributed by atoms with Crippen LogP contribution in [0.2, 0.25) is 0 Å². The summed E-state index contributed by atoms with van der Waals surface area (Å²) in [6, 6.07) is 17.0. The number of rotatable bonds is 9. The summed E-state index contributed by atoms with van der Waals surface area (Å²) < 4.78 is 7.46. The highest BCUT2D eigenvalue weighted by Gasteiger charge is 2.13. The summed E-state index contributed by atoms with van der Waals surface area (Å²) in [5.74, 6) is 1.55. The second-order valence-corrected chi connectivity index (χ2v) is 6.98. The maximum Gasteiger partial charge on any atom is 0.335 e. The second-order valence-electron chi connectivity index (χ2n) is 6.98. The van der Waals surface area contributed by atoms with Gasteiger partial charge in [-0.2, -0.15) is 10.2 Å². The lowest BCUT2D eigenvalue weighted by atomic mass is 9.98. The van der Waals surface area contributed by atoms with E-state index in [1.807, 2.05) is 29.8 Å². The molecule has 154 valence electrons. The van der Waals surface area contributed by atoms with Gasteiger partial charge in [-0.05, 0) is 35.2 Å². The van der Waals surface area contributed by atoms with E-state index < -0.39 is 0 Å². The summed E-state index contributed by atoms with van der Waals surface area (Å²) in [7, 11) is 0. The van der Waals surface area contributed by atoms with Crippen molar-refractivity contribution < 1.29 is 4.74 Å². The van der Waals surface area contributed by atoms with E-state index in [9.17, 15) is 0 Å². The van der Waals surface area contributed by atoms with Crippen LogP contribution in [0.15, 0.2) is 48.5 Å². The minimum atomic E-state index is 0.453. The molecule has 0 aliphatic carbocycles. The highest BCUT2D eigenvalue weighted by Crippen LogP contribution is 2.29. The molecule has 0 unspecified atom stereocenters. The quantitative estimate of drug-likeness (QED) is 0.455. The monoisotopic (exact) mass is 403 g/mol. The van der Waals surface area contributed by atoms with Crippen LogP contribution in [0.4, 0.5) is 0 Å². The number of nitrogens with one attached hydrogen (secondary N) is 1. The molecule has 4 aromatic rings. The summed E-state index contributed by atoms with van der Waals surface area (Å²) in [6.45, 7) is 5.34. The fourth-order valence-electron chi connectivity index (χ4n) is 3.36. The average Bonchev–Trinajstić information content (AvgIpc) is 3.44. The van der Waals surface area contributed by atoms with Crippen molar-refractivity contribution in [1.82, 2.24) is 35.4 Å². The first kappa shape index (κ1) is 19.8. The summed E-state index contributed by atoms with van der Waals surface area (Å²) >= 11 is 0. The van der Waals surface area contributed by atoms with Crippen molar-refractivity contribution in [1.29, 1.82) is 0 Å². The molecule has 30 heavy (non-hydrogen) atoms. The normalized spacial score (nSPS) is 11.0. The molecule has 0 aliphatic rings. The first-order valence-corrected chi connectivity index (χ1v) is 10.3. The van der Waals surface area contributed by atoms with E-state index in [2.05, 4.69) is 68.0 Å². The number of benzene rings is 2. The molecule has 4 rings (SSSR count). The number of aromatic nitrogens is 7. The van der Waals surface area contributed by atoms with Crippen molar-refractivity contribution in [2.75, 3.05) is 6.61 Å². The van der Waals surface area contributed by atoms with Crippen LogP contribution in [-0.4, -0.2) is 42.0 Å². The smallest absolute Gasteiger partial charge is 0.335 e. The molecule has 2 aromatic heterocycles. The van der Waals surface area contributed by atoms with E-state index in [0.717, 1.165) is 47.3 Å². The molecular weight excluding hydrogens is 378 g/mol. The Morgan fingerprint density at radius 1 is 1.00 bits per heavy atom. The Bertz CT molecular complexity index is 1070. The standard InChI is InChI=1S/C22H25N7O/c1-3-5-10-20-23-22(30-4-2)26-29(20)15-16-11-13-17(14-12-16)18-8-6-7-9-19(18)21-24-27-28-25-21/h6-9,11-14H,3-5,10,15H2,1-2H3,(H,24,25,27,28).